The van der Waals surface area contributed by atoms with Gasteiger partial charge in [-0.2, -0.15) is 0 Å². The summed E-state index contributed by atoms with van der Waals surface area (Å²) >= 11 is 3.35. The van der Waals surface area contributed by atoms with E-state index < -0.39 is 0 Å². The van der Waals surface area contributed by atoms with Gasteiger partial charge in [-0.25, -0.2) is 0 Å². The zero-order chi connectivity index (χ0) is 10.7. The molecule has 14 heavy (non-hydrogen) atoms. The molecule has 1 aromatic carbocycles. The lowest BCUT2D eigenvalue weighted by molar-refractivity contribution is 0.0939. The van der Waals surface area contributed by atoms with Gasteiger partial charge in [-0.15, -0.1) is 0 Å². The summed E-state index contributed by atoms with van der Waals surface area (Å²) in [5, 5.41) is 0. The van der Waals surface area contributed by atoms with Gasteiger partial charge in [0, 0.05) is 11.5 Å². The number of carbonyl (C=O) groups is 1. The van der Waals surface area contributed by atoms with Crippen LogP contribution < -0.4 is 4.74 Å². The van der Waals surface area contributed by atoms with E-state index in [0.29, 0.717) is 5.56 Å². The first-order valence-electron chi connectivity index (χ1n) is 4.44. The van der Waals surface area contributed by atoms with Crippen molar-refractivity contribution in [3.8, 4) is 5.75 Å². The summed E-state index contributed by atoms with van der Waals surface area (Å²) in [5.74, 6) is 0.911. The second-order valence-electron chi connectivity index (χ2n) is 3.37. The summed E-state index contributed by atoms with van der Waals surface area (Å²) in [6, 6.07) is 5.37. The first-order valence-corrected chi connectivity index (χ1v) is 5.23. The molecule has 0 unspecified atom stereocenters. The number of halogens is 1. The lowest BCUT2D eigenvalue weighted by Crippen LogP contribution is -2.07. The van der Waals surface area contributed by atoms with Gasteiger partial charge in [-0.3, -0.25) is 4.79 Å². The number of rotatable bonds is 3. The molecule has 0 spiro atoms. The average molecular weight is 257 g/mol. The predicted octanol–water partition coefficient (Wildman–Crippen LogP) is 3.30. The Labute approximate surface area is 92.4 Å². The van der Waals surface area contributed by atoms with E-state index in [9.17, 15) is 4.79 Å². The average Bonchev–Trinajstić information content (AvgIpc) is 2.16. The lowest BCUT2D eigenvalue weighted by Gasteiger charge is -2.07. The molecule has 76 valence electrons. The Morgan fingerprint density at radius 1 is 1.43 bits per heavy atom. The summed E-state index contributed by atoms with van der Waals surface area (Å²) in [5.41, 5.74) is 0.715. The Bertz CT molecular complexity index is 345. The van der Waals surface area contributed by atoms with Crippen molar-refractivity contribution in [3.63, 3.8) is 0 Å². The number of ether oxygens (including phenoxy) is 1. The number of benzene rings is 1. The molecule has 0 saturated carbocycles. The van der Waals surface area contributed by atoms with Gasteiger partial charge in [0.15, 0.2) is 5.78 Å². The lowest BCUT2D eigenvalue weighted by atomic mass is 10.0. The minimum Gasteiger partial charge on any atom is -0.496 e. The number of Topliss-reactive ketones (excluding diaryl/α,β-unsaturated/α-hetero) is 1. The maximum atomic E-state index is 11.6. The van der Waals surface area contributed by atoms with Crippen molar-refractivity contribution in [1.82, 2.24) is 0 Å². The highest BCUT2D eigenvalue weighted by atomic mass is 79.9. The predicted molar refractivity (Wildman–Crippen MR) is 59.9 cm³/mol. The van der Waals surface area contributed by atoms with Gasteiger partial charge >= 0.3 is 0 Å². The van der Waals surface area contributed by atoms with Gasteiger partial charge < -0.3 is 4.74 Å². The van der Waals surface area contributed by atoms with Crippen LogP contribution in [0.15, 0.2) is 22.7 Å². The molecule has 0 aliphatic heterocycles. The van der Waals surface area contributed by atoms with E-state index in [1.807, 2.05) is 13.8 Å². The minimum absolute atomic E-state index is 0.0234. The topological polar surface area (TPSA) is 26.3 Å². The fourth-order valence-electron chi connectivity index (χ4n) is 1.15. The Morgan fingerprint density at radius 3 is 2.50 bits per heavy atom. The first kappa shape index (κ1) is 11.2. The number of hydrogen-bond donors (Lipinski definition) is 0. The summed E-state index contributed by atoms with van der Waals surface area (Å²) in [6.45, 7) is 3.78. The van der Waals surface area contributed by atoms with Crippen LogP contribution in [0.3, 0.4) is 0 Å². The molecule has 0 fully saturated rings. The van der Waals surface area contributed by atoms with E-state index >= 15 is 0 Å². The number of carbonyl (C=O) groups excluding carboxylic acids is 1. The van der Waals surface area contributed by atoms with E-state index in [1.165, 1.54) is 0 Å². The van der Waals surface area contributed by atoms with E-state index in [1.54, 1.807) is 25.3 Å². The van der Waals surface area contributed by atoms with Gasteiger partial charge in [0.1, 0.15) is 5.75 Å². The zero-order valence-corrected chi connectivity index (χ0v) is 10.1. The summed E-state index contributed by atoms with van der Waals surface area (Å²) in [6.07, 6.45) is 0. The highest BCUT2D eigenvalue weighted by molar-refractivity contribution is 9.10. The second-order valence-corrected chi connectivity index (χ2v) is 4.22. The van der Waals surface area contributed by atoms with Gasteiger partial charge in [0.2, 0.25) is 0 Å². The normalized spacial score (nSPS) is 10.4. The Morgan fingerprint density at radius 2 is 2.07 bits per heavy atom. The van der Waals surface area contributed by atoms with Gasteiger partial charge in [-0.1, -0.05) is 13.8 Å². The van der Waals surface area contributed by atoms with Crippen LogP contribution in [0.1, 0.15) is 24.2 Å². The van der Waals surface area contributed by atoms with Crippen molar-refractivity contribution in [2.24, 2.45) is 5.92 Å². The quantitative estimate of drug-likeness (QED) is 0.776. The van der Waals surface area contributed by atoms with E-state index in [-0.39, 0.29) is 11.7 Å². The molecule has 0 amide bonds. The van der Waals surface area contributed by atoms with Crippen molar-refractivity contribution in [1.29, 1.82) is 0 Å². The van der Waals surface area contributed by atoms with Gasteiger partial charge in [-0.05, 0) is 34.1 Å². The molecule has 0 N–H and O–H groups in total. The Hall–Kier alpha value is -0.830. The molecule has 0 atom stereocenters. The largest absolute Gasteiger partial charge is 0.496 e. The third-order valence-electron chi connectivity index (χ3n) is 1.96. The molecular weight excluding hydrogens is 244 g/mol. The highest BCUT2D eigenvalue weighted by Gasteiger charge is 2.11. The van der Waals surface area contributed by atoms with Crippen LogP contribution in [0.4, 0.5) is 0 Å². The summed E-state index contributed by atoms with van der Waals surface area (Å²) < 4.78 is 5.89. The van der Waals surface area contributed by atoms with Crippen LogP contribution in [0.2, 0.25) is 0 Å². The maximum absolute atomic E-state index is 11.6. The monoisotopic (exact) mass is 256 g/mol. The third kappa shape index (κ3) is 2.35. The molecule has 0 radical (unpaired) electrons. The summed E-state index contributed by atoms with van der Waals surface area (Å²) in [4.78, 5) is 11.6. The molecule has 0 bridgehead atoms. The van der Waals surface area contributed by atoms with Crippen LogP contribution in [0, 0.1) is 5.92 Å². The van der Waals surface area contributed by atoms with E-state index in [4.69, 9.17) is 4.74 Å². The van der Waals surface area contributed by atoms with Crippen LogP contribution in [0.25, 0.3) is 0 Å². The fraction of sp³-hybridized carbons (Fsp3) is 0.364. The molecule has 0 aliphatic rings. The standard InChI is InChI=1S/C11H13BrO2/c1-7(2)11(13)8-4-5-10(14-3)9(12)6-8/h4-7H,1-3H3. The van der Waals surface area contributed by atoms with Crippen LogP contribution >= 0.6 is 15.9 Å². The van der Waals surface area contributed by atoms with Crippen molar-refractivity contribution in [3.05, 3.63) is 28.2 Å². The van der Waals surface area contributed by atoms with Crippen LogP contribution in [0.5, 0.6) is 5.75 Å². The van der Waals surface area contributed by atoms with Crippen molar-refractivity contribution in [2.45, 2.75) is 13.8 Å². The Balaban J connectivity index is 3.03. The van der Waals surface area contributed by atoms with Gasteiger partial charge in [0.25, 0.3) is 0 Å². The Kier molecular flexibility index (Phi) is 3.69. The fourth-order valence-corrected chi connectivity index (χ4v) is 1.69. The molecule has 3 heteroatoms. The van der Waals surface area contributed by atoms with Gasteiger partial charge in [0.05, 0.1) is 11.6 Å². The minimum atomic E-state index is 0.0234. The second kappa shape index (κ2) is 4.60. The van der Waals surface area contributed by atoms with Crippen molar-refractivity contribution < 1.29 is 9.53 Å². The van der Waals surface area contributed by atoms with Crippen LogP contribution in [-0.4, -0.2) is 12.9 Å². The van der Waals surface area contributed by atoms with E-state index in [0.717, 1.165) is 10.2 Å². The molecule has 2 nitrogen and oxygen atoms in total. The smallest absolute Gasteiger partial charge is 0.165 e. The molecule has 0 aliphatic carbocycles. The molecule has 0 aromatic heterocycles. The van der Waals surface area contributed by atoms with Crippen LogP contribution in [-0.2, 0) is 0 Å². The molecule has 1 rings (SSSR count). The zero-order valence-electron chi connectivity index (χ0n) is 8.50. The highest BCUT2D eigenvalue weighted by Crippen LogP contribution is 2.26. The SMILES string of the molecule is COc1ccc(C(=O)C(C)C)cc1Br. The van der Waals surface area contributed by atoms with E-state index in [2.05, 4.69) is 15.9 Å². The number of ketones is 1. The first-order chi connectivity index (χ1) is 6.56. The van der Waals surface area contributed by atoms with Crippen molar-refractivity contribution >= 4 is 21.7 Å². The molecular formula is C11H13BrO2. The number of methoxy groups -OCH3 is 1. The third-order valence-corrected chi connectivity index (χ3v) is 2.58. The number of hydrogen-bond acceptors (Lipinski definition) is 2. The van der Waals surface area contributed by atoms with Crippen molar-refractivity contribution in [2.75, 3.05) is 7.11 Å². The maximum Gasteiger partial charge on any atom is 0.165 e. The summed E-state index contributed by atoms with van der Waals surface area (Å²) in [7, 11) is 1.60. The molecule has 1 aromatic rings. The molecule has 0 heterocycles. The molecule has 0 saturated heterocycles.